The molecule has 24 heavy (non-hydrogen) atoms. The quantitative estimate of drug-likeness (QED) is 0.689. The van der Waals surface area contributed by atoms with Crippen molar-refractivity contribution in [3.05, 3.63) is 57.0 Å². The van der Waals surface area contributed by atoms with Crippen LogP contribution < -0.4 is 10.1 Å². The Balaban J connectivity index is 1.62. The number of hydrogen-bond acceptors (Lipinski definition) is 3. The third-order valence-corrected chi connectivity index (χ3v) is 4.89. The van der Waals surface area contributed by atoms with Crippen molar-refractivity contribution < 1.29 is 14.3 Å². The molecule has 126 valence electrons. The largest absolute Gasteiger partial charge is 0.490 e. The first-order valence-corrected chi connectivity index (χ1v) is 9.31. The van der Waals surface area contributed by atoms with Gasteiger partial charge in [0.15, 0.2) is 0 Å². The minimum Gasteiger partial charge on any atom is -0.490 e. The van der Waals surface area contributed by atoms with E-state index in [-0.39, 0.29) is 12.0 Å². The molecule has 0 aliphatic carbocycles. The maximum absolute atomic E-state index is 12.3. The van der Waals surface area contributed by atoms with Crippen molar-refractivity contribution in [2.24, 2.45) is 0 Å². The maximum Gasteiger partial charge on any atom is 0.255 e. The molecule has 3 rings (SSSR count). The second-order valence-corrected chi connectivity index (χ2v) is 7.32. The predicted molar refractivity (Wildman–Crippen MR) is 101 cm³/mol. The lowest BCUT2D eigenvalue weighted by Gasteiger charge is -2.13. The van der Waals surface area contributed by atoms with Gasteiger partial charge in [0.25, 0.3) is 5.91 Å². The first-order valence-electron chi connectivity index (χ1n) is 7.73. The fourth-order valence-corrected chi connectivity index (χ4v) is 3.21. The van der Waals surface area contributed by atoms with Crippen molar-refractivity contribution in [2.75, 3.05) is 18.5 Å². The number of ether oxygens (including phenoxy) is 2. The summed E-state index contributed by atoms with van der Waals surface area (Å²) in [6.07, 6.45) is 2.28. The molecule has 1 heterocycles. The van der Waals surface area contributed by atoms with Crippen molar-refractivity contribution in [3.8, 4) is 5.75 Å². The zero-order valence-corrected chi connectivity index (χ0v) is 16.1. The van der Waals surface area contributed by atoms with Gasteiger partial charge in [-0.1, -0.05) is 15.9 Å². The molecule has 2 aromatic rings. The van der Waals surface area contributed by atoms with Gasteiger partial charge in [0.2, 0.25) is 0 Å². The SMILES string of the molecule is O=C(Nc1ccc(Br)cc1)c1ccc(OCC2CCCO2)c(Br)c1. The van der Waals surface area contributed by atoms with Gasteiger partial charge in [0, 0.05) is 22.3 Å². The van der Waals surface area contributed by atoms with Gasteiger partial charge in [0.05, 0.1) is 10.6 Å². The summed E-state index contributed by atoms with van der Waals surface area (Å²) in [5.74, 6) is 0.550. The van der Waals surface area contributed by atoms with Crippen LogP contribution in [0.1, 0.15) is 23.2 Å². The summed E-state index contributed by atoms with van der Waals surface area (Å²) < 4.78 is 13.0. The molecule has 1 N–H and O–H groups in total. The molecule has 1 unspecified atom stereocenters. The van der Waals surface area contributed by atoms with E-state index in [1.54, 1.807) is 18.2 Å². The van der Waals surface area contributed by atoms with Crippen LogP contribution in [0.4, 0.5) is 5.69 Å². The molecule has 2 aromatic carbocycles. The molecule has 0 aromatic heterocycles. The zero-order chi connectivity index (χ0) is 16.9. The number of halogens is 2. The molecular formula is C18H17Br2NO3. The van der Waals surface area contributed by atoms with Crippen molar-refractivity contribution in [1.82, 2.24) is 0 Å². The molecular weight excluding hydrogens is 438 g/mol. The highest BCUT2D eigenvalue weighted by atomic mass is 79.9. The normalized spacial score (nSPS) is 16.8. The lowest BCUT2D eigenvalue weighted by atomic mass is 10.2. The summed E-state index contributed by atoms with van der Waals surface area (Å²) in [5.41, 5.74) is 1.31. The molecule has 0 spiro atoms. The van der Waals surface area contributed by atoms with Gasteiger partial charge in [-0.2, -0.15) is 0 Å². The highest BCUT2D eigenvalue weighted by molar-refractivity contribution is 9.10. The number of benzene rings is 2. The van der Waals surface area contributed by atoms with E-state index in [9.17, 15) is 4.79 Å². The van der Waals surface area contributed by atoms with E-state index in [4.69, 9.17) is 9.47 Å². The summed E-state index contributed by atoms with van der Waals surface area (Å²) in [4.78, 5) is 12.3. The Morgan fingerprint density at radius 3 is 2.67 bits per heavy atom. The predicted octanol–water partition coefficient (Wildman–Crippen LogP) is 5.02. The third kappa shape index (κ3) is 4.59. The molecule has 1 saturated heterocycles. The van der Waals surface area contributed by atoms with E-state index >= 15 is 0 Å². The lowest BCUT2D eigenvalue weighted by Crippen LogP contribution is -2.16. The van der Waals surface area contributed by atoms with Crippen molar-refractivity contribution in [2.45, 2.75) is 18.9 Å². The second kappa shape index (κ2) is 8.14. The fourth-order valence-electron chi connectivity index (χ4n) is 2.45. The number of rotatable bonds is 5. The topological polar surface area (TPSA) is 47.6 Å². The first-order chi connectivity index (χ1) is 11.6. The summed E-state index contributed by atoms with van der Waals surface area (Å²) in [5, 5.41) is 2.87. The van der Waals surface area contributed by atoms with E-state index in [1.807, 2.05) is 24.3 Å². The van der Waals surface area contributed by atoms with Crippen LogP contribution in [0, 0.1) is 0 Å². The van der Waals surface area contributed by atoms with Gasteiger partial charge in [-0.25, -0.2) is 0 Å². The lowest BCUT2D eigenvalue weighted by molar-refractivity contribution is 0.0677. The van der Waals surface area contributed by atoms with Crippen molar-refractivity contribution in [1.29, 1.82) is 0 Å². The summed E-state index contributed by atoms with van der Waals surface area (Å²) in [6.45, 7) is 1.34. The van der Waals surface area contributed by atoms with Crippen LogP contribution in [0.2, 0.25) is 0 Å². The maximum atomic E-state index is 12.3. The van der Waals surface area contributed by atoms with Gasteiger partial charge < -0.3 is 14.8 Å². The smallest absolute Gasteiger partial charge is 0.255 e. The van der Waals surface area contributed by atoms with E-state index in [2.05, 4.69) is 37.2 Å². The average Bonchev–Trinajstić information content (AvgIpc) is 3.09. The van der Waals surface area contributed by atoms with Gasteiger partial charge in [-0.05, 0) is 71.2 Å². The van der Waals surface area contributed by atoms with Crippen molar-refractivity contribution in [3.63, 3.8) is 0 Å². The molecule has 1 aliphatic rings. The minimum absolute atomic E-state index is 0.163. The zero-order valence-electron chi connectivity index (χ0n) is 12.9. The van der Waals surface area contributed by atoms with Crippen LogP contribution in [0.3, 0.4) is 0 Å². The Morgan fingerprint density at radius 1 is 1.21 bits per heavy atom. The Morgan fingerprint density at radius 2 is 2.00 bits per heavy atom. The van der Waals surface area contributed by atoms with Crippen LogP contribution in [0.15, 0.2) is 51.4 Å². The van der Waals surface area contributed by atoms with Crippen LogP contribution in [0.5, 0.6) is 5.75 Å². The fraction of sp³-hybridized carbons (Fsp3) is 0.278. The second-order valence-electron chi connectivity index (χ2n) is 5.55. The van der Waals surface area contributed by atoms with Crippen LogP contribution in [0.25, 0.3) is 0 Å². The molecule has 1 fully saturated rings. The number of anilines is 1. The van der Waals surface area contributed by atoms with Gasteiger partial charge in [-0.3, -0.25) is 4.79 Å². The minimum atomic E-state index is -0.163. The Hall–Kier alpha value is -1.37. The van der Waals surface area contributed by atoms with E-state index in [1.165, 1.54) is 0 Å². The van der Waals surface area contributed by atoms with Crippen LogP contribution in [-0.4, -0.2) is 25.2 Å². The van der Waals surface area contributed by atoms with E-state index < -0.39 is 0 Å². The van der Waals surface area contributed by atoms with E-state index in [0.29, 0.717) is 17.9 Å². The standard InChI is InChI=1S/C18H17Br2NO3/c19-13-4-6-14(7-5-13)21-18(22)12-3-8-17(16(20)10-12)24-11-15-2-1-9-23-15/h3-8,10,15H,1-2,9,11H2,(H,21,22). The third-order valence-electron chi connectivity index (χ3n) is 3.74. The van der Waals surface area contributed by atoms with Crippen LogP contribution >= 0.6 is 31.9 Å². The molecule has 0 bridgehead atoms. The number of carbonyl (C=O) groups excluding carboxylic acids is 1. The van der Waals surface area contributed by atoms with Gasteiger partial charge in [-0.15, -0.1) is 0 Å². The van der Waals surface area contributed by atoms with Crippen LogP contribution in [-0.2, 0) is 4.74 Å². The molecule has 1 aliphatic heterocycles. The average molecular weight is 455 g/mol. The highest BCUT2D eigenvalue weighted by Gasteiger charge is 2.17. The van der Waals surface area contributed by atoms with Gasteiger partial charge >= 0.3 is 0 Å². The highest BCUT2D eigenvalue weighted by Crippen LogP contribution is 2.27. The molecule has 1 atom stereocenters. The summed E-state index contributed by atoms with van der Waals surface area (Å²) in [6, 6.07) is 12.8. The Kier molecular flexibility index (Phi) is 5.92. The molecule has 0 radical (unpaired) electrons. The summed E-state index contributed by atoms with van der Waals surface area (Å²) in [7, 11) is 0. The summed E-state index contributed by atoms with van der Waals surface area (Å²) >= 11 is 6.84. The number of hydrogen-bond donors (Lipinski definition) is 1. The number of amides is 1. The molecule has 6 heteroatoms. The Bertz CT molecular complexity index is 713. The number of nitrogens with one attached hydrogen (secondary N) is 1. The van der Waals surface area contributed by atoms with Crippen molar-refractivity contribution >= 4 is 43.5 Å². The molecule has 0 saturated carbocycles. The monoisotopic (exact) mass is 453 g/mol. The Labute approximate surface area is 157 Å². The molecule has 1 amide bonds. The first kappa shape index (κ1) is 17.5. The van der Waals surface area contributed by atoms with Gasteiger partial charge in [0.1, 0.15) is 12.4 Å². The number of carbonyl (C=O) groups is 1. The molecule has 4 nitrogen and oxygen atoms in total. The van der Waals surface area contributed by atoms with E-state index in [0.717, 1.165) is 34.1 Å².